The number of benzene rings is 1. The first-order chi connectivity index (χ1) is 10.5. The largest absolute Gasteiger partial charge is 0.460 e. The van der Waals surface area contributed by atoms with Crippen LogP contribution in [0.1, 0.15) is 0 Å². The zero-order valence-corrected chi connectivity index (χ0v) is 12.1. The number of rotatable bonds is 3. The lowest BCUT2D eigenvalue weighted by molar-refractivity contribution is -0.277. The number of aliphatic hydroxyl groups excluding tert-OH is 4. The summed E-state index contributed by atoms with van der Waals surface area (Å²) in [6.45, 7) is -0.506. The Hall–Kier alpha value is -1.35. The normalized spacial score (nSPS) is 32.3. The molecule has 1 aromatic heterocycles. The molecule has 0 unspecified atom stereocenters. The Morgan fingerprint density at radius 1 is 1.18 bits per heavy atom. The lowest BCUT2D eigenvalue weighted by Gasteiger charge is -2.39. The van der Waals surface area contributed by atoms with Gasteiger partial charge in [-0.15, -0.1) is 0 Å². The number of nitrogens with one attached hydrogen (secondary N) is 1. The molecular formula is C14H16ClNO6. The summed E-state index contributed by atoms with van der Waals surface area (Å²) in [6.07, 6.45) is -5.00. The Bertz CT molecular complexity index is 660. The summed E-state index contributed by atoms with van der Waals surface area (Å²) in [5.41, 5.74) is 0.743. The lowest BCUT2D eigenvalue weighted by atomic mass is 9.99. The van der Waals surface area contributed by atoms with Gasteiger partial charge in [0.1, 0.15) is 30.2 Å². The molecule has 1 saturated heterocycles. The molecule has 5 atom stereocenters. The first-order valence-electron chi connectivity index (χ1n) is 6.75. The minimum atomic E-state index is -1.48. The van der Waals surface area contributed by atoms with Gasteiger partial charge < -0.3 is 34.9 Å². The molecule has 2 heterocycles. The van der Waals surface area contributed by atoms with Crippen LogP contribution in [0.2, 0.25) is 5.02 Å². The van der Waals surface area contributed by atoms with E-state index in [0.29, 0.717) is 10.8 Å². The second-order valence-electron chi connectivity index (χ2n) is 5.16. The smallest absolute Gasteiger partial charge is 0.229 e. The van der Waals surface area contributed by atoms with E-state index in [1.54, 1.807) is 24.4 Å². The number of halogens is 1. The van der Waals surface area contributed by atoms with Crippen molar-refractivity contribution in [1.29, 1.82) is 0 Å². The van der Waals surface area contributed by atoms with Crippen molar-refractivity contribution in [2.24, 2.45) is 0 Å². The van der Waals surface area contributed by atoms with Crippen LogP contribution in [0.3, 0.4) is 0 Å². The van der Waals surface area contributed by atoms with Gasteiger partial charge in [-0.2, -0.15) is 0 Å². The van der Waals surface area contributed by atoms with E-state index in [2.05, 4.69) is 4.98 Å². The summed E-state index contributed by atoms with van der Waals surface area (Å²) < 4.78 is 10.9. The summed E-state index contributed by atoms with van der Waals surface area (Å²) in [6, 6.07) is 5.16. The van der Waals surface area contributed by atoms with Crippen molar-refractivity contribution < 1.29 is 29.9 Å². The molecule has 22 heavy (non-hydrogen) atoms. The van der Waals surface area contributed by atoms with E-state index in [9.17, 15) is 15.3 Å². The number of aromatic nitrogens is 1. The molecule has 1 aliphatic heterocycles. The van der Waals surface area contributed by atoms with E-state index in [4.69, 9.17) is 26.2 Å². The summed E-state index contributed by atoms with van der Waals surface area (Å²) in [5, 5.41) is 39.9. The van der Waals surface area contributed by atoms with Crippen LogP contribution in [0.25, 0.3) is 10.9 Å². The Labute approximate surface area is 130 Å². The van der Waals surface area contributed by atoms with Crippen molar-refractivity contribution in [3.8, 4) is 5.75 Å². The van der Waals surface area contributed by atoms with Crippen molar-refractivity contribution in [3.05, 3.63) is 29.4 Å². The van der Waals surface area contributed by atoms with Gasteiger partial charge >= 0.3 is 0 Å². The van der Waals surface area contributed by atoms with Gasteiger partial charge in [0.2, 0.25) is 6.29 Å². The van der Waals surface area contributed by atoms with Crippen LogP contribution >= 0.6 is 11.6 Å². The van der Waals surface area contributed by atoms with E-state index < -0.39 is 37.3 Å². The predicted molar refractivity (Wildman–Crippen MR) is 77.7 cm³/mol. The fourth-order valence-electron chi connectivity index (χ4n) is 2.46. The summed E-state index contributed by atoms with van der Waals surface area (Å²) in [5.74, 6) is 0.399. The van der Waals surface area contributed by atoms with Crippen molar-refractivity contribution in [3.63, 3.8) is 0 Å². The number of aliphatic hydroxyl groups is 4. The average Bonchev–Trinajstić information content (AvgIpc) is 2.90. The third-order valence-corrected chi connectivity index (χ3v) is 3.93. The molecule has 3 rings (SSSR count). The Morgan fingerprint density at radius 2 is 1.95 bits per heavy atom. The first kappa shape index (κ1) is 15.5. The van der Waals surface area contributed by atoms with Gasteiger partial charge in [-0.05, 0) is 18.2 Å². The van der Waals surface area contributed by atoms with E-state index in [-0.39, 0.29) is 0 Å². The Morgan fingerprint density at radius 3 is 2.68 bits per heavy atom. The van der Waals surface area contributed by atoms with E-state index in [1.807, 2.05) is 0 Å². The fourth-order valence-corrected chi connectivity index (χ4v) is 2.63. The second-order valence-corrected chi connectivity index (χ2v) is 5.59. The summed E-state index contributed by atoms with van der Waals surface area (Å²) in [7, 11) is 0. The summed E-state index contributed by atoms with van der Waals surface area (Å²) >= 11 is 5.90. The van der Waals surface area contributed by atoms with Gasteiger partial charge in [-0.1, -0.05) is 11.6 Å². The topological polar surface area (TPSA) is 115 Å². The summed E-state index contributed by atoms with van der Waals surface area (Å²) in [4.78, 5) is 2.97. The number of H-pyrrole nitrogens is 1. The molecular weight excluding hydrogens is 314 g/mol. The van der Waals surface area contributed by atoms with Gasteiger partial charge in [-0.3, -0.25) is 0 Å². The van der Waals surface area contributed by atoms with Crippen molar-refractivity contribution in [1.82, 2.24) is 4.98 Å². The molecule has 8 heteroatoms. The SMILES string of the molecule is OC[C@@H]1O[C@@H](Oc2c[nH]c3cc(Cl)ccc23)[C@@H](O)[C@@H](O)[C@H]1O. The highest BCUT2D eigenvalue weighted by Crippen LogP contribution is 2.31. The molecule has 0 amide bonds. The quantitative estimate of drug-likeness (QED) is 0.541. The van der Waals surface area contributed by atoms with Crippen LogP contribution in [-0.4, -0.2) is 62.7 Å². The van der Waals surface area contributed by atoms with Crippen LogP contribution in [0.5, 0.6) is 5.75 Å². The molecule has 0 saturated carbocycles. The first-order valence-corrected chi connectivity index (χ1v) is 7.13. The zero-order valence-electron chi connectivity index (χ0n) is 11.4. The van der Waals surface area contributed by atoms with Gasteiger partial charge in [0.15, 0.2) is 0 Å². The number of hydrogen-bond acceptors (Lipinski definition) is 6. The average molecular weight is 330 g/mol. The molecule has 120 valence electrons. The van der Waals surface area contributed by atoms with Crippen LogP contribution in [0.4, 0.5) is 0 Å². The third-order valence-electron chi connectivity index (χ3n) is 3.70. The van der Waals surface area contributed by atoms with Crippen LogP contribution in [-0.2, 0) is 4.74 Å². The zero-order chi connectivity index (χ0) is 15.9. The number of hydrogen-bond donors (Lipinski definition) is 5. The minimum Gasteiger partial charge on any atom is -0.460 e. The van der Waals surface area contributed by atoms with Crippen molar-refractivity contribution >= 4 is 22.5 Å². The molecule has 0 radical (unpaired) electrons. The number of fused-ring (bicyclic) bond motifs is 1. The Kier molecular flexibility index (Phi) is 4.26. The van der Waals surface area contributed by atoms with Crippen molar-refractivity contribution in [2.45, 2.75) is 30.7 Å². The highest BCUT2D eigenvalue weighted by atomic mass is 35.5. The minimum absolute atomic E-state index is 0.399. The van der Waals surface area contributed by atoms with Crippen molar-refractivity contribution in [2.75, 3.05) is 6.61 Å². The fraction of sp³-hybridized carbons (Fsp3) is 0.429. The molecule has 1 fully saturated rings. The molecule has 5 N–H and O–H groups in total. The molecule has 0 bridgehead atoms. The Balaban J connectivity index is 1.84. The van der Waals surface area contributed by atoms with Gasteiger partial charge in [0.25, 0.3) is 0 Å². The molecule has 1 aliphatic rings. The second kappa shape index (κ2) is 6.04. The van der Waals surface area contributed by atoms with Crippen LogP contribution in [0, 0.1) is 0 Å². The lowest BCUT2D eigenvalue weighted by Crippen LogP contribution is -2.60. The molecule has 0 spiro atoms. The molecule has 0 aliphatic carbocycles. The van der Waals surface area contributed by atoms with Crippen LogP contribution in [0.15, 0.2) is 24.4 Å². The van der Waals surface area contributed by atoms with Gasteiger partial charge in [0.05, 0.1) is 12.1 Å². The van der Waals surface area contributed by atoms with E-state index >= 15 is 0 Å². The predicted octanol–water partition coefficient (Wildman–Crippen LogP) is -0.000000000000000278. The van der Waals surface area contributed by atoms with Gasteiger partial charge in [-0.25, -0.2) is 0 Å². The van der Waals surface area contributed by atoms with Gasteiger partial charge in [0, 0.05) is 16.6 Å². The van der Waals surface area contributed by atoms with E-state index in [0.717, 1.165) is 10.9 Å². The highest BCUT2D eigenvalue weighted by Gasteiger charge is 2.44. The molecule has 2 aromatic rings. The number of aromatic amines is 1. The standard InChI is InChI=1S/C14H16ClNO6/c15-6-1-2-7-8(3-6)16-4-9(7)21-14-13(20)12(19)11(18)10(5-17)22-14/h1-4,10-14,16-20H,5H2/t10-,11-,12-,13-,14+/m0/s1. The maximum atomic E-state index is 9.96. The van der Waals surface area contributed by atoms with Crippen LogP contribution < -0.4 is 4.74 Å². The maximum absolute atomic E-state index is 9.96. The monoisotopic (exact) mass is 329 g/mol. The third kappa shape index (κ3) is 2.67. The highest BCUT2D eigenvalue weighted by molar-refractivity contribution is 6.31. The number of ether oxygens (including phenoxy) is 2. The molecule has 1 aromatic carbocycles. The van der Waals surface area contributed by atoms with E-state index in [1.165, 1.54) is 0 Å². The molecule has 7 nitrogen and oxygen atoms in total. The maximum Gasteiger partial charge on any atom is 0.229 e.